The predicted molar refractivity (Wildman–Crippen MR) is 110 cm³/mol. The fourth-order valence-corrected chi connectivity index (χ4v) is 3.67. The van der Waals surface area contributed by atoms with E-state index < -0.39 is 6.04 Å². The van der Waals surface area contributed by atoms with Crippen molar-refractivity contribution in [2.45, 2.75) is 26.4 Å². The second kappa shape index (κ2) is 6.96. The van der Waals surface area contributed by atoms with E-state index in [2.05, 4.69) is 10.4 Å². The molecule has 2 aromatic heterocycles. The largest absolute Gasteiger partial charge is 0.350 e. The summed E-state index contributed by atoms with van der Waals surface area (Å²) < 4.78 is 3.12. The van der Waals surface area contributed by atoms with E-state index in [9.17, 15) is 9.59 Å². The SMILES string of the molecule is Cc1cccc(CNC(=O)[C@@H](C)n2c3ccccc3c3cnn(C)c(=O)c32)c1. The van der Waals surface area contributed by atoms with Crippen molar-refractivity contribution in [3.63, 3.8) is 0 Å². The first-order valence-electron chi connectivity index (χ1n) is 9.25. The van der Waals surface area contributed by atoms with Crippen LogP contribution in [0.25, 0.3) is 21.8 Å². The van der Waals surface area contributed by atoms with Gasteiger partial charge in [0.05, 0.1) is 11.7 Å². The van der Waals surface area contributed by atoms with E-state index in [4.69, 9.17) is 0 Å². The molecule has 4 aromatic rings. The summed E-state index contributed by atoms with van der Waals surface area (Å²) in [5.41, 5.74) is 3.32. The predicted octanol–water partition coefficient (Wildman–Crippen LogP) is 3.07. The van der Waals surface area contributed by atoms with E-state index in [1.54, 1.807) is 13.2 Å². The molecule has 28 heavy (non-hydrogen) atoms. The molecule has 0 aliphatic carbocycles. The number of fused-ring (bicyclic) bond motifs is 3. The number of rotatable bonds is 4. The molecular formula is C22H22N4O2. The number of hydrogen-bond acceptors (Lipinski definition) is 3. The quantitative estimate of drug-likeness (QED) is 0.597. The summed E-state index contributed by atoms with van der Waals surface area (Å²) in [5, 5.41) is 8.82. The Bertz CT molecular complexity index is 1250. The standard InChI is InChI=1S/C22H22N4O2/c1-14-7-6-8-16(11-14)12-23-21(27)15(2)26-19-10-5-4-9-17(19)18-13-24-25(3)22(28)20(18)26/h4-11,13,15H,12H2,1-3H3,(H,23,27)/t15-/m1/s1. The van der Waals surface area contributed by atoms with E-state index in [0.29, 0.717) is 12.1 Å². The summed E-state index contributed by atoms with van der Waals surface area (Å²) in [5.74, 6) is -0.136. The zero-order valence-electron chi connectivity index (χ0n) is 16.1. The molecule has 0 unspecified atom stereocenters. The van der Waals surface area contributed by atoms with Crippen molar-refractivity contribution in [3.8, 4) is 0 Å². The maximum absolute atomic E-state index is 12.9. The van der Waals surface area contributed by atoms with Crippen LogP contribution in [0.5, 0.6) is 0 Å². The number of aromatic nitrogens is 3. The van der Waals surface area contributed by atoms with Gasteiger partial charge in [0, 0.05) is 24.4 Å². The lowest BCUT2D eigenvalue weighted by Crippen LogP contribution is -2.32. The number of nitrogens with zero attached hydrogens (tertiary/aromatic N) is 3. The van der Waals surface area contributed by atoms with Gasteiger partial charge in [0.2, 0.25) is 5.91 Å². The Labute approximate surface area is 162 Å². The second-order valence-electron chi connectivity index (χ2n) is 7.11. The molecule has 0 aliphatic rings. The number of hydrogen-bond donors (Lipinski definition) is 1. The summed E-state index contributed by atoms with van der Waals surface area (Å²) >= 11 is 0. The van der Waals surface area contributed by atoms with E-state index in [0.717, 1.165) is 27.4 Å². The van der Waals surface area contributed by atoms with Gasteiger partial charge in [-0.05, 0) is 25.5 Å². The van der Waals surface area contributed by atoms with Crippen LogP contribution in [0.2, 0.25) is 0 Å². The summed E-state index contributed by atoms with van der Waals surface area (Å²) in [4.78, 5) is 25.7. The average Bonchev–Trinajstić information content (AvgIpc) is 3.03. The van der Waals surface area contributed by atoms with Crippen molar-refractivity contribution >= 4 is 27.7 Å². The minimum absolute atomic E-state index is 0.136. The number of carbonyl (C=O) groups is 1. The molecule has 6 heteroatoms. The minimum Gasteiger partial charge on any atom is -0.350 e. The summed E-state index contributed by atoms with van der Waals surface area (Å²) in [7, 11) is 1.62. The third kappa shape index (κ3) is 2.97. The van der Waals surface area contributed by atoms with Gasteiger partial charge in [0.25, 0.3) is 5.56 Å². The number of para-hydroxylation sites is 1. The summed E-state index contributed by atoms with van der Waals surface area (Å²) in [6.07, 6.45) is 1.69. The second-order valence-corrected chi connectivity index (χ2v) is 7.11. The molecule has 142 valence electrons. The van der Waals surface area contributed by atoms with Crippen LogP contribution < -0.4 is 10.9 Å². The Morgan fingerprint density at radius 1 is 1.14 bits per heavy atom. The Morgan fingerprint density at radius 3 is 2.71 bits per heavy atom. The molecule has 0 saturated carbocycles. The monoisotopic (exact) mass is 374 g/mol. The van der Waals surface area contributed by atoms with Crippen LogP contribution in [0, 0.1) is 6.92 Å². The van der Waals surface area contributed by atoms with Crippen LogP contribution in [0.1, 0.15) is 24.1 Å². The molecule has 0 saturated heterocycles. The zero-order valence-corrected chi connectivity index (χ0v) is 16.1. The molecule has 4 rings (SSSR count). The molecule has 0 bridgehead atoms. The maximum atomic E-state index is 12.9. The molecule has 2 aromatic carbocycles. The van der Waals surface area contributed by atoms with Gasteiger partial charge in [-0.25, -0.2) is 4.68 Å². The van der Waals surface area contributed by atoms with Crippen LogP contribution >= 0.6 is 0 Å². The van der Waals surface area contributed by atoms with Crippen molar-refractivity contribution in [2.75, 3.05) is 0 Å². The van der Waals surface area contributed by atoms with Crippen LogP contribution in [-0.4, -0.2) is 20.3 Å². The third-order valence-electron chi connectivity index (χ3n) is 5.12. The zero-order chi connectivity index (χ0) is 19.8. The topological polar surface area (TPSA) is 68.9 Å². The van der Waals surface area contributed by atoms with Crippen molar-refractivity contribution in [3.05, 3.63) is 76.2 Å². The Hall–Kier alpha value is -3.41. The van der Waals surface area contributed by atoms with Crippen molar-refractivity contribution in [1.29, 1.82) is 0 Å². The first-order chi connectivity index (χ1) is 13.5. The van der Waals surface area contributed by atoms with Crippen LogP contribution in [0.4, 0.5) is 0 Å². The molecule has 1 amide bonds. The van der Waals surface area contributed by atoms with Gasteiger partial charge in [0.15, 0.2) is 0 Å². The Morgan fingerprint density at radius 2 is 1.93 bits per heavy atom. The fraction of sp³-hybridized carbons (Fsp3) is 0.227. The average molecular weight is 374 g/mol. The van der Waals surface area contributed by atoms with Gasteiger partial charge in [-0.2, -0.15) is 5.10 Å². The third-order valence-corrected chi connectivity index (χ3v) is 5.12. The highest BCUT2D eigenvalue weighted by molar-refractivity contribution is 6.08. The summed E-state index contributed by atoms with van der Waals surface area (Å²) in [6, 6.07) is 15.2. The lowest BCUT2D eigenvalue weighted by atomic mass is 10.1. The van der Waals surface area contributed by atoms with Gasteiger partial charge >= 0.3 is 0 Å². The molecule has 0 fully saturated rings. The van der Waals surface area contributed by atoms with Gasteiger partial charge < -0.3 is 9.88 Å². The Balaban J connectivity index is 1.75. The first kappa shape index (κ1) is 18.0. The molecule has 0 radical (unpaired) electrons. The van der Waals surface area contributed by atoms with Crippen molar-refractivity contribution in [2.24, 2.45) is 7.05 Å². The highest BCUT2D eigenvalue weighted by atomic mass is 16.2. The molecule has 2 heterocycles. The minimum atomic E-state index is -0.540. The van der Waals surface area contributed by atoms with Gasteiger partial charge in [-0.1, -0.05) is 48.0 Å². The summed E-state index contributed by atoms with van der Waals surface area (Å²) in [6.45, 7) is 4.29. The van der Waals surface area contributed by atoms with Crippen LogP contribution in [-0.2, 0) is 18.4 Å². The van der Waals surface area contributed by atoms with E-state index in [-0.39, 0.29) is 11.5 Å². The first-order valence-corrected chi connectivity index (χ1v) is 9.25. The number of amides is 1. The van der Waals surface area contributed by atoms with E-state index >= 15 is 0 Å². The molecule has 0 spiro atoms. The van der Waals surface area contributed by atoms with Crippen molar-refractivity contribution in [1.82, 2.24) is 19.7 Å². The van der Waals surface area contributed by atoms with Gasteiger partial charge in [-0.3, -0.25) is 9.59 Å². The molecule has 6 nitrogen and oxygen atoms in total. The number of benzene rings is 2. The van der Waals surface area contributed by atoms with Gasteiger partial charge in [-0.15, -0.1) is 0 Å². The number of aryl methyl sites for hydroxylation is 2. The fourth-order valence-electron chi connectivity index (χ4n) is 3.67. The van der Waals surface area contributed by atoms with Crippen molar-refractivity contribution < 1.29 is 4.79 Å². The maximum Gasteiger partial charge on any atom is 0.291 e. The highest BCUT2D eigenvalue weighted by Crippen LogP contribution is 2.29. The van der Waals surface area contributed by atoms with Gasteiger partial charge in [0.1, 0.15) is 11.6 Å². The highest BCUT2D eigenvalue weighted by Gasteiger charge is 2.23. The van der Waals surface area contributed by atoms with E-state index in [1.165, 1.54) is 4.68 Å². The normalized spacial score (nSPS) is 12.4. The lowest BCUT2D eigenvalue weighted by molar-refractivity contribution is -0.123. The lowest BCUT2D eigenvalue weighted by Gasteiger charge is -2.17. The Kier molecular flexibility index (Phi) is 4.47. The van der Waals surface area contributed by atoms with Crippen LogP contribution in [0.3, 0.4) is 0 Å². The molecule has 1 atom stereocenters. The smallest absolute Gasteiger partial charge is 0.291 e. The van der Waals surface area contributed by atoms with Crippen LogP contribution in [0.15, 0.2) is 59.5 Å². The number of carbonyl (C=O) groups excluding carboxylic acids is 1. The molecule has 1 N–H and O–H groups in total. The molecule has 0 aliphatic heterocycles. The molecular weight excluding hydrogens is 352 g/mol. The number of nitrogens with one attached hydrogen (secondary N) is 1. The van der Waals surface area contributed by atoms with E-state index in [1.807, 2.05) is 66.9 Å².